The van der Waals surface area contributed by atoms with Gasteiger partial charge in [-0.1, -0.05) is 25.7 Å². The van der Waals surface area contributed by atoms with E-state index in [1.807, 2.05) is 0 Å². The molecular formula is C17H27NO3. The predicted molar refractivity (Wildman–Crippen MR) is 78.7 cm³/mol. The Morgan fingerprint density at radius 3 is 2.57 bits per heavy atom. The first-order chi connectivity index (χ1) is 10.1. The zero-order chi connectivity index (χ0) is 14.5. The van der Waals surface area contributed by atoms with Gasteiger partial charge in [-0.2, -0.15) is 0 Å². The summed E-state index contributed by atoms with van der Waals surface area (Å²) in [5.74, 6) is 0.580. The third-order valence-corrected chi connectivity index (χ3v) is 6.63. The van der Waals surface area contributed by atoms with Gasteiger partial charge >= 0.3 is 0 Å². The van der Waals surface area contributed by atoms with E-state index < -0.39 is 5.60 Å². The SMILES string of the molecule is O=C(CC1(O)CCCCC1)NC1C2CCOC2C12CCC2. The number of aliphatic hydroxyl groups is 1. The van der Waals surface area contributed by atoms with Crippen LogP contribution in [0.3, 0.4) is 0 Å². The topological polar surface area (TPSA) is 58.6 Å². The van der Waals surface area contributed by atoms with Crippen molar-refractivity contribution in [3.05, 3.63) is 0 Å². The van der Waals surface area contributed by atoms with Gasteiger partial charge in [0.15, 0.2) is 0 Å². The van der Waals surface area contributed by atoms with Crippen LogP contribution in [0.4, 0.5) is 0 Å². The summed E-state index contributed by atoms with van der Waals surface area (Å²) in [4.78, 5) is 12.4. The number of carbonyl (C=O) groups is 1. The van der Waals surface area contributed by atoms with Crippen molar-refractivity contribution in [1.29, 1.82) is 0 Å². The summed E-state index contributed by atoms with van der Waals surface area (Å²) < 4.78 is 5.89. The fourth-order valence-electron chi connectivity index (χ4n) is 5.37. The Morgan fingerprint density at radius 1 is 1.14 bits per heavy atom. The van der Waals surface area contributed by atoms with Gasteiger partial charge in [0.2, 0.25) is 5.91 Å². The first kappa shape index (κ1) is 14.0. The highest BCUT2D eigenvalue weighted by molar-refractivity contribution is 5.77. The average Bonchev–Trinajstić information content (AvgIpc) is 2.80. The molecule has 4 nitrogen and oxygen atoms in total. The van der Waals surface area contributed by atoms with Gasteiger partial charge in [-0.05, 0) is 32.1 Å². The van der Waals surface area contributed by atoms with Crippen LogP contribution in [0.5, 0.6) is 0 Å². The van der Waals surface area contributed by atoms with E-state index >= 15 is 0 Å². The van der Waals surface area contributed by atoms with Gasteiger partial charge in [0.1, 0.15) is 0 Å². The quantitative estimate of drug-likeness (QED) is 0.838. The Morgan fingerprint density at radius 2 is 1.90 bits per heavy atom. The minimum Gasteiger partial charge on any atom is -0.389 e. The number of fused-ring (bicyclic) bond motifs is 2. The molecule has 0 radical (unpaired) electrons. The van der Waals surface area contributed by atoms with Crippen molar-refractivity contribution in [2.45, 2.75) is 82.0 Å². The van der Waals surface area contributed by atoms with Crippen LogP contribution in [0.1, 0.15) is 64.2 Å². The lowest BCUT2D eigenvalue weighted by atomic mass is 9.46. The van der Waals surface area contributed by atoms with Gasteiger partial charge < -0.3 is 15.2 Å². The van der Waals surface area contributed by atoms with Crippen molar-refractivity contribution in [1.82, 2.24) is 5.32 Å². The van der Waals surface area contributed by atoms with E-state index in [1.165, 1.54) is 25.7 Å². The fourth-order valence-corrected chi connectivity index (χ4v) is 5.37. The molecule has 1 aliphatic heterocycles. The van der Waals surface area contributed by atoms with Crippen LogP contribution in [0, 0.1) is 11.3 Å². The first-order valence-electron chi connectivity index (χ1n) is 8.76. The number of ether oxygens (including phenoxy) is 1. The highest BCUT2D eigenvalue weighted by Crippen LogP contribution is 2.62. The molecule has 0 bridgehead atoms. The van der Waals surface area contributed by atoms with E-state index in [-0.39, 0.29) is 17.7 Å². The lowest BCUT2D eigenvalue weighted by Crippen LogP contribution is -2.71. The maximum Gasteiger partial charge on any atom is 0.223 e. The zero-order valence-corrected chi connectivity index (χ0v) is 12.8. The normalized spacial score (nSPS) is 39.2. The third-order valence-electron chi connectivity index (χ3n) is 6.63. The van der Waals surface area contributed by atoms with Crippen LogP contribution in [0.25, 0.3) is 0 Å². The Kier molecular flexibility index (Phi) is 3.30. The number of rotatable bonds is 3. The molecule has 21 heavy (non-hydrogen) atoms. The molecule has 3 aliphatic carbocycles. The summed E-state index contributed by atoms with van der Waals surface area (Å²) in [6.45, 7) is 0.855. The minimum absolute atomic E-state index is 0.0565. The first-order valence-corrected chi connectivity index (χ1v) is 8.76. The van der Waals surface area contributed by atoms with E-state index in [0.717, 1.165) is 38.7 Å². The van der Waals surface area contributed by atoms with Gasteiger partial charge in [0.25, 0.3) is 0 Å². The van der Waals surface area contributed by atoms with Crippen LogP contribution in [-0.4, -0.2) is 35.4 Å². The monoisotopic (exact) mass is 293 g/mol. The largest absolute Gasteiger partial charge is 0.389 e. The standard InChI is InChI=1S/C17H27NO3/c19-13(11-16(20)6-2-1-3-7-16)18-14-12-5-10-21-15(12)17(14)8-4-9-17/h12,14-15,20H,1-11H2,(H,18,19). The van der Waals surface area contributed by atoms with Crippen molar-refractivity contribution in [2.24, 2.45) is 11.3 Å². The van der Waals surface area contributed by atoms with Crippen molar-refractivity contribution in [3.63, 3.8) is 0 Å². The Bertz CT molecular complexity index is 426. The van der Waals surface area contributed by atoms with Crippen LogP contribution in [-0.2, 0) is 9.53 Å². The molecule has 0 aromatic carbocycles. The van der Waals surface area contributed by atoms with Gasteiger partial charge in [-0.3, -0.25) is 4.79 Å². The van der Waals surface area contributed by atoms with Gasteiger partial charge in [0.05, 0.1) is 18.1 Å². The van der Waals surface area contributed by atoms with E-state index in [9.17, 15) is 9.90 Å². The van der Waals surface area contributed by atoms with Crippen LogP contribution < -0.4 is 5.32 Å². The van der Waals surface area contributed by atoms with Crippen molar-refractivity contribution in [3.8, 4) is 0 Å². The molecule has 3 unspecified atom stereocenters. The smallest absolute Gasteiger partial charge is 0.223 e. The summed E-state index contributed by atoms with van der Waals surface area (Å²) in [6.07, 6.45) is 10.3. The fraction of sp³-hybridized carbons (Fsp3) is 0.941. The summed E-state index contributed by atoms with van der Waals surface area (Å²) in [5.41, 5.74) is -0.504. The molecular weight excluding hydrogens is 266 g/mol. The maximum atomic E-state index is 12.4. The molecule has 0 aromatic heterocycles. The Hall–Kier alpha value is -0.610. The third kappa shape index (κ3) is 2.14. The molecule has 1 spiro atoms. The summed E-state index contributed by atoms with van der Waals surface area (Å²) in [5, 5.41) is 13.8. The van der Waals surface area contributed by atoms with Crippen LogP contribution in [0.15, 0.2) is 0 Å². The molecule has 4 aliphatic rings. The number of hydrogen-bond acceptors (Lipinski definition) is 3. The highest BCUT2D eigenvalue weighted by Gasteiger charge is 2.66. The van der Waals surface area contributed by atoms with Gasteiger partial charge in [-0.15, -0.1) is 0 Å². The molecule has 4 rings (SSSR count). The van der Waals surface area contributed by atoms with Gasteiger partial charge in [0, 0.05) is 24.0 Å². The lowest BCUT2D eigenvalue weighted by molar-refractivity contribution is -0.180. The molecule has 3 saturated carbocycles. The second kappa shape index (κ2) is 4.95. The van der Waals surface area contributed by atoms with Crippen molar-refractivity contribution < 1.29 is 14.6 Å². The molecule has 3 atom stereocenters. The summed E-state index contributed by atoms with van der Waals surface area (Å²) in [6, 6.07) is 0.304. The Balaban J connectivity index is 1.38. The minimum atomic E-state index is -0.746. The molecule has 1 heterocycles. The molecule has 1 saturated heterocycles. The number of nitrogens with one attached hydrogen (secondary N) is 1. The molecule has 2 N–H and O–H groups in total. The molecule has 4 heteroatoms. The molecule has 4 fully saturated rings. The predicted octanol–water partition coefficient (Wildman–Crippen LogP) is 2.15. The van der Waals surface area contributed by atoms with Crippen LogP contribution in [0.2, 0.25) is 0 Å². The lowest BCUT2D eigenvalue weighted by Gasteiger charge is -2.63. The molecule has 0 aromatic rings. The number of hydrogen-bond donors (Lipinski definition) is 2. The van der Waals surface area contributed by atoms with Crippen molar-refractivity contribution >= 4 is 5.91 Å². The molecule has 1 amide bonds. The number of carbonyl (C=O) groups excluding carboxylic acids is 1. The second-order valence-corrected chi connectivity index (χ2v) is 7.84. The van der Waals surface area contributed by atoms with Gasteiger partial charge in [-0.25, -0.2) is 0 Å². The summed E-state index contributed by atoms with van der Waals surface area (Å²) >= 11 is 0. The second-order valence-electron chi connectivity index (χ2n) is 7.84. The maximum absolute atomic E-state index is 12.4. The Labute approximate surface area is 126 Å². The van der Waals surface area contributed by atoms with Crippen LogP contribution >= 0.6 is 0 Å². The number of amides is 1. The van der Waals surface area contributed by atoms with E-state index in [1.54, 1.807) is 0 Å². The average molecular weight is 293 g/mol. The zero-order valence-electron chi connectivity index (χ0n) is 12.8. The summed E-state index contributed by atoms with van der Waals surface area (Å²) in [7, 11) is 0. The molecule has 118 valence electrons. The highest BCUT2D eigenvalue weighted by atomic mass is 16.5. The van der Waals surface area contributed by atoms with E-state index in [4.69, 9.17) is 4.74 Å². The van der Waals surface area contributed by atoms with Crippen molar-refractivity contribution in [2.75, 3.05) is 6.61 Å². The van der Waals surface area contributed by atoms with E-state index in [0.29, 0.717) is 18.1 Å². The van der Waals surface area contributed by atoms with E-state index in [2.05, 4.69) is 5.32 Å².